The average Bonchev–Trinajstić information content (AvgIpc) is 2.89. The molecule has 2 rings (SSSR count). The zero-order chi connectivity index (χ0) is 13.8. The van der Waals surface area contributed by atoms with Gasteiger partial charge in [-0.15, -0.1) is 0 Å². The van der Waals surface area contributed by atoms with Crippen molar-refractivity contribution in [1.29, 1.82) is 0 Å². The summed E-state index contributed by atoms with van der Waals surface area (Å²) in [6.45, 7) is 6.11. The summed E-state index contributed by atoms with van der Waals surface area (Å²) in [5, 5.41) is 3.95. The van der Waals surface area contributed by atoms with E-state index in [4.69, 9.17) is 4.52 Å². The van der Waals surface area contributed by atoms with E-state index in [0.29, 0.717) is 17.4 Å². The second-order valence-corrected chi connectivity index (χ2v) is 4.94. The molecule has 2 heterocycles. The summed E-state index contributed by atoms with van der Waals surface area (Å²) in [6.07, 6.45) is 4.20. The molecule has 0 aliphatic rings. The second-order valence-electron chi connectivity index (χ2n) is 4.94. The lowest BCUT2D eigenvalue weighted by Crippen LogP contribution is -2.19. The van der Waals surface area contributed by atoms with Crippen molar-refractivity contribution in [2.75, 3.05) is 0 Å². The Bertz CT molecular complexity index is 546. The summed E-state index contributed by atoms with van der Waals surface area (Å²) in [5.41, 5.74) is 1.50. The minimum Gasteiger partial charge on any atom is -0.352 e. The number of carbonyl (C=O) groups is 1. The van der Waals surface area contributed by atoms with Crippen LogP contribution in [0.15, 0.2) is 35.1 Å². The smallest absolute Gasteiger partial charge is 0.204 e. The van der Waals surface area contributed by atoms with Crippen LogP contribution in [0.1, 0.15) is 37.7 Å². The monoisotopic (exact) mass is 258 g/mol. The summed E-state index contributed by atoms with van der Waals surface area (Å²) in [6, 6.07) is 5.41. The van der Waals surface area contributed by atoms with Gasteiger partial charge in [-0.25, -0.2) is 0 Å². The second kappa shape index (κ2) is 5.78. The highest BCUT2D eigenvalue weighted by molar-refractivity contribution is 5.96. The number of pyridine rings is 1. The SMILES string of the molecule is CCC(C(=O)c1cc(-c2cccnc2)no1)C(C)C. The van der Waals surface area contributed by atoms with Crippen LogP contribution in [0, 0.1) is 11.8 Å². The van der Waals surface area contributed by atoms with Crippen molar-refractivity contribution in [1.82, 2.24) is 10.1 Å². The molecular formula is C15H18N2O2. The molecule has 19 heavy (non-hydrogen) atoms. The van der Waals surface area contributed by atoms with Gasteiger partial charge in [-0.1, -0.05) is 25.9 Å². The number of carbonyl (C=O) groups excluding carboxylic acids is 1. The zero-order valence-electron chi connectivity index (χ0n) is 11.5. The van der Waals surface area contributed by atoms with Gasteiger partial charge >= 0.3 is 0 Å². The van der Waals surface area contributed by atoms with Crippen LogP contribution in [0.5, 0.6) is 0 Å². The number of hydrogen-bond donors (Lipinski definition) is 0. The third-order valence-electron chi connectivity index (χ3n) is 3.29. The van der Waals surface area contributed by atoms with E-state index < -0.39 is 0 Å². The number of nitrogens with zero attached hydrogens (tertiary/aromatic N) is 2. The highest BCUT2D eigenvalue weighted by atomic mass is 16.5. The third-order valence-corrected chi connectivity index (χ3v) is 3.29. The number of Topliss-reactive ketones (excluding diaryl/α,β-unsaturated/α-hetero) is 1. The molecule has 4 nitrogen and oxygen atoms in total. The summed E-state index contributed by atoms with van der Waals surface area (Å²) < 4.78 is 5.19. The van der Waals surface area contributed by atoms with Gasteiger partial charge in [0, 0.05) is 29.9 Å². The van der Waals surface area contributed by atoms with E-state index in [0.717, 1.165) is 12.0 Å². The molecule has 2 aromatic rings. The van der Waals surface area contributed by atoms with Crippen LogP contribution in [-0.2, 0) is 0 Å². The van der Waals surface area contributed by atoms with Gasteiger partial charge in [0.25, 0.3) is 0 Å². The first-order valence-electron chi connectivity index (χ1n) is 6.54. The van der Waals surface area contributed by atoms with Crippen LogP contribution in [0.2, 0.25) is 0 Å². The maximum Gasteiger partial charge on any atom is 0.204 e. The van der Waals surface area contributed by atoms with Gasteiger partial charge in [-0.2, -0.15) is 0 Å². The molecule has 0 fully saturated rings. The predicted octanol–water partition coefficient (Wildman–Crippen LogP) is 3.60. The Morgan fingerprint density at radius 1 is 1.42 bits per heavy atom. The molecule has 0 aliphatic heterocycles. The molecule has 0 saturated heterocycles. The van der Waals surface area contributed by atoms with E-state index in [1.165, 1.54) is 0 Å². The maximum atomic E-state index is 12.3. The molecule has 0 spiro atoms. The van der Waals surface area contributed by atoms with Crippen molar-refractivity contribution < 1.29 is 9.32 Å². The van der Waals surface area contributed by atoms with Gasteiger partial charge in [0.1, 0.15) is 5.69 Å². The Balaban J connectivity index is 2.24. The Labute approximate surface area is 112 Å². The largest absolute Gasteiger partial charge is 0.352 e. The Morgan fingerprint density at radius 3 is 2.79 bits per heavy atom. The van der Waals surface area contributed by atoms with Gasteiger partial charge in [-0.05, 0) is 24.5 Å². The molecule has 100 valence electrons. The third kappa shape index (κ3) is 2.89. The summed E-state index contributed by atoms with van der Waals surface area (Å²) >= 11 is 0. The fourth-order valence-electron chi connectivity index (χ4n) is 2.18. The van der Waals surface area contributed by atoms with Crippen molar-refractivity contribution in [3.63, 3.8) is 0 Å². The highest BCUT2D eigenvalue weighted by Gasteiger charge is 2.25. The Morgan fingerprint density at radius 2 is 2.21 bits per heavy atom. The first-order chi connectivity index (χ1) is 9.13. The molecular weight excluding hydrogens is 240 g/mol. The van der Waals surface area contributed by atoms with E-state index in [1.54, 1.807) is 18.5 Å². The molecule has 0 saturated carbocycles. The zero-order valence-corrected chi connectivity index (χ0v) is 11.5. The minimum atomic E-state index is -0.0188. The van der Waals surface area contributed by atoms with Crippen LogP contribution in [-0.4, -0.2) is 15.9 Å². The van der Waals surface area contributed by atoms with E-state index in [1.807, 2.05) is 32.9 Å². The van der Waals surface area contributed by atoms with E-state index in [-0.39, 0.29) is 11.7 Å². The van der Waals surface area contributed by atoms with Crippen molar-refractivity contribution in [2.45, 2.75) is 27.2 Å². The number of ketones is 1. The van der Waals surface area contributed by atoms with Crippen molar-refractivity contribution in [3.8, 4) is 11.3 Å². The van der Waals surface area contributed by atoms with E-state index in [2.05, 4.69) is 10.1 Å². The van der Waals surface area contributed by atoms with Crippen molar-refractivity contribution >= 4 is 5.78 Å². The first kappa shape index (κ1) is 13.5. The van der Waals surface area contributed by atoms with Crippen LogP contribution >= 0.6 is 0 Å². The fourth-order valence-corrected chi connectivity index (χ4v) is 2.18. The van der Waals surface area contributed by atoms with Crippen LogP contribution in [0.3, 0.4) is 0 Å². The molecule has 2 aromatic heterocycles. The number of aromatic nitrogens is 2. The van der Waals surface area contributed by atoms with Gasteiger partial charge in [0.15, 0.2) is 0 Å². The minimum absolute atomic E-state index is 0.0188. The molecule has 0 N–H and O–H groups in total. The average molecular weight is 258 g/mol. The quantitative estimate of drug-likeness (QED) is 0.769. The highest BCUT2D eigenvalue weighted by Crippen LogP contribution is 2.24. The van der Waals surface area contributed by atoms with Gasteiger partial charge in [0.2, 0.25) is 11.5 Å². The molecule has 4 heteroatoms. The lowest BCUT2D eigenvalue weighted by molar-refractivity contribution is 0.0843. The van der Waals surface area contributed by atoms with Gasteiger partial charge < -0.3 is 4.52 Å². The van der Waals surface area contributed by atoms with Gasteiger partial charge in [0.05, 0.1) is 0 Å². The molecule has 0 amide bonds. The van der Waals surface area contributed by atoms with Crippen molar-refractivity contribution in [2.24, 2.45) is 11.8 Å². The standard InChI is InChI=1S/C15H18N2O2/c1-4-12(10(2)3)15(18)14-8-13(17-19-14)11-6-5-7-16-9-11/h5-10,12H,4H2,1-3H3. The lowest BCUT2D eigenvalue weighted by Gasteiger charge is -2.15. The molecule has 0 radical (unpaired) electrons. The summed E-state index contributed by atoms with van der Waals surface area (Å²) in [5.74, 6) is 0.638. The maximum absolute atomic E-state index is 12.3. The van der Waals surface area contributed by atoms with Gasteiger partial charge in [-0.3, -0.25) is 9.78 Å². The topological polar surface area (TPSA) is 56.0 Å². The van der Waals surface area contributed by atoms with E-state index >= 15 is 0 Å². The first-order valence-corrected chi connectivity index (χ1v) is 6.54. The van der Waals surface area contributed by atoms with Crippen LogP contribution in [0.4, 0.5) is 0 Å². The number of hydrogen-bond acceptors (Lipinski definition) is 4. The number of rotatable bonds is 5. The van der Waals surface area contributed by atoms with Crippen LogP contribution < -0.4 is 0 Å². The van der Waals surface area contributed by atoms with Crippen molar-refractivity contribution in [3.05, 3.63) is 36.4 Å². The van der Waals surface area contributed by atoms with Crippen LogP contribution in [0.25, 0.3) is 11.3 Å². The predicted molar refractivity (Wildman–Crippen MR) is 72.7 cm³/mol. The normalized spacial score (nSPS) is 12.6. The Kier molecular flexibility index (Phi) is 4.10. The lowest BCUT2D eigenvalue weighted by atomic mass is 9.88. The molecule has 1 atom stereocenters. The Hall–Kier alpha value is -1.97. The molecule has 0 bridgehead atoms. The molecule has 0 aliphatic carbocycles. The summed E-state index contributed by atoms with van der Waals surface area (Å²) in [7, 11) is 0. The summed E-state index contributed by atoms with van der Waals surface area (Å²) in [4.78, 5) is 16.3. The van der Waals surface area contributed by atoms with E-state index in [9.17, 15) is 4.79 Å². The molecule has 1 unspecified atom stereocenters. The fraction of sp³-hybridized carbons (Fsp3) is 0.400. The molecule has 0 aromatic carbocycles.